The molecule has 16 heavy (non-hydrogen) atoms. The highest BCUT2D eigenvalue weighted by Crippen LogP contribution is 2.19. The molecule has 0 spiro atoms. The van der Waals surface area contributed by atoms with Gasteiger partial charge in [-0.15, -0.1) is 0 Å². The summed E-state index contributed by atoms with van der Waals surface area (Å²) >= 11 is 0. The molecule has 1 rings (SSSR count). The first kappa shape index (κ1) is 12.1. The fourth-order valence-electron chi connectivity index (χ4n) is 1.14. The van der Waals surface area contributed by atoms with Crippen molar-refractivity contribution in [2.24, 2.45) is 0 Å². The van der Waals surface area contributed by atoms with Crippen LogP contribution in [0.2, 0.25) is 0 Å². The van der Waals surface area contributed by atoms with Gasteiger partial charge < -0.3 is 14.7 Å². The van der Waals surface area contributed by atoms with Crippen LogP contribution in [-0.4, -0.2) is 31.8 Å². The van der Waals surface area contributed by atoms with Crippen molar-refractivity contribution >= 4 is 11.7 Å². The van der Waals surface area contributed by atoms with E-state index in [0.717, 1.165) is 17.5 Å². The van der Waals surface area contributed by atoms with E-state index < -0.39 is 5.97 Å². The molecule has 0 aromatic heterocycles. The normalized spacial score (nSPS) is 10.4. The number of benzene rings is 1. The van der Waals surface area contributed by atoms with Gasteiger partial charge in [-0.25, -0.2) is 4.79 Å². The van der Waals surface area contributed by atoms with Crippen molar-refractivity contribution in [2.45, 2.75) is 0 Å². The van der Waals surface area contributed by atoms with Gasteiger partial charge in [-0.1, -0.05) is 6.07 Å². The Morgan fingerprint density at radius 3 is 2.88 bits per heavy atom. The Hall–Kier alpha value is -1.97. The van der Waals surface area contributed by atoms with Crippen molar-refractivity contribution in [1.82, 2.24) is 0 Å². The van der Waals surface area contributed by atoms with Crippen molar-refractivity contribution in [3.63, 3.8) is 0 Å². The number of hydrogen-bond acceptors (Lipinski definition) is 3. The number of anilines is 1. The third kappa shape index (κ3) is 4.04. The molecular weight excluding hydrogens is 206 g/mol. The van der Waals surface area contributed by atoms with Crippen molar-refractivity contribution in [1.29, 1.82) is 0 Å². The quantitative estimate of drug-likeness (QED) is 0.770. The smallest absolute Gasteiger partial charge is 0.328 e. The second kappa shape index (κ2) is 5.80. The van der Waals surface area contributed by atoms with Crippen LogP contribution in [0.1, 0.15) is 0 Å². The lowest BCUT2D eigenvalue weighted by Gasteiger charge is -2.13. The summed E-state index contributed by atoms with van der Waals surface area (Å²) in [5.74, 6) is -0.244. The third-order valence-corrected chi connectivity index (χ3v) is 1.94. The Morgan fingerprint density at radius 2 is 2.25 bits per heavy atom. The highest BCUT2D eigenvalue weighted by molar-refractivity contribution is 5.79. The maximum absolute atomic E-state index is 10.2. The molecule has 0 bridgehead atoms. The van der Waals surface area contributed by atoms with Gasteiger partial charge in [-0.05, 0) is 18.2 Å². The Kier molecular flexibility index (Phi) is 4.39. The van der Waals surface area contributed by atoms with Gasteiger partial charge in [0.15, 0.2) is 0 Å². The van der Waals surface area contributed by atoms with Gasteiger partial charge in [-0.2, -0.15) is 0 Å². The van der Waals surface area contributed by atoms with E-state index in [-0.39, 0.29) is 6.61 Å². The lowest BCUT2D eigenvalue weighted by Crippen LogP contribution is -2.08. The van der Waals surface area contributed by atoms with E-state index in [1.165, 1.54) is 6.08 Å². The fourth-order valence-corrected chi connectivity index (χ4v) is 1.14. The van der Waals surface area contributed by atoms with Crippen LogP contribution in [0.15, 0.2) is 36.4 Å². The van der Waals surface area contributed by atoms with E-state index in [0.29, 0.717) is 0 Å². The van der Waals surface area contributed by atoms with Crippen LogP contribution < -0.4 is 9.64 Å². The standard InChI is InChI=1S/C12H15NO3/c1-13(2)10-5-3-6-11(9-10)16-8-4-7-12(14)15/h3-7,9H,8H2,1-2H3,(H,14,15). The molecule has 0 radical (unpaired) electrons. The van der Waals surface area contributed by atoms with Gasteiger partial charge in [0.2, 0.25) is 0 Å². The Balaban J connectivity index is 2.54. The van der Waals surface area contributed by atoms with Crippen LogP contribution in [0.3, 0.4) is 0 Å². The molecule has 4 heteroatoms. The van der Waals surface area contributed by atoms with Crippen LogP contribution in [0, 0.1) is 0 Å². The first-order chi connectivity index (χ1) is 7.59. The summed E-state index contributed by atoms with van der Waals surface area (Å²) in [5, 5.41) is 8.38. The lowest BCUT2D eigenvalue weighted by molar-refractivity contribution is -0.131. The first-order valence-corrected chi connectivity index (χ1v) is 4.89. The van der Waals surface area contributed by atoms with E-state index in [1.807, 2.05) is 43.3 Å². The Labute approximate surface area is 94.8 Å². The molecule has 0 amide bonds. The van der Waals surface area contributed by atoms with Crippen molar-refractivity contribution in [3.05, 3.63) is 36.4 Å². The van der Waals surface area contributed by atoms with Crippen molar-refractivity contribution in [3.8, 4) is 5.75 Å². The molecule has 0 aliphatic heterocycles. The average Bonchev–Trinajstić information content (AvgIpc) is 2.24. The van der Waals surface area contributed by atoms with Gasteiger partial charge in [0.05, 0.1) is 0 Å². The number of carboxylic acids is 1. The molecule has 0 aliphatic carbocycles. The molecule has 1 aromatic rings. The summed E-state index contributed by atoms with van der Waals surface area (Å²) in [4.78, 5) is 12.2. The molecule has 0 aliphatic rings. The summed E-state index contributed by atoms with van der Waals surface area (Å²) in [6.45, 7) is 0.253. The molecule has 86 valence electrons. The minimum absolute atomic E-state index is 0.253. The summed E-state index contributed by atoms with van der Waals surface area (Å²) in [7, 11) is 3.90. The third-order valence-electron chi connectivity index (χ3n) is 1.94. The van der Waals surface area contributed by atoms with E-state index in [9.17, 15) is 4.79 Å². The van der Waals surface area contributed by atoms with E-state index in [4.69, 9.17) is 9.84 Å². The molecule has 0 saturated heterocycles. The van der Waals surface area contributed by atoms with Crippen molar-refractivity contribution in [2.75, 3.05) is 25.6 Å². The SMILES string of the molecule is CN(C)c1cccc(OCC=CC(=O)O)c1. The second-order valence-electron chi connectivity index (χ2n) is 3.44. The molecular formula is C12H15NO3. The van der Waals surface area contributed by atoms with E-state index in [2.05, 4.69) is 0 Å². The molecule has 0 unspecified atom stereocenters. The van der Waals surface area contributed by atoms with Crippen LogP contribution >= 0.6 is 0 Å². The zero-order chi connectivity index (χ0) is 12.0. The van der Waals surface area contributed by atoms with Crippen LogP contribution in [0.4, 0.5) is 5.69 Å². The van der Waals surface area contributed by atoms with Gasteiger partial charge >= 0.3 is 5.97 Å². The lowest BCUT2D eigenvalue weighted by atomic mass is 10.3. The Morgan fingerprint density at radius 1 is 1.50 bits per heavy atom. The molecule has 1 N–H and O–H groups in total. The zero-order valence-electron chi connectivity index (χ0n) is 9.38. The van der Waals surface area contributed by atoms with Gasteiger partial charge in [0, 0.05) is 31.9 Å². The molecule has 0 saturated carbocycles. The number of ether oxygens (including phenoxy) is 1. The van der Waals surface area contributed by atoms with Crippen LogP contribution in [0.25, 0.3) is 0 Å². The summed E-state index contributed by atoms with van der Waals surface area (Å²) < 4.78 is 5.37. The van der Waals surface area contributed by atoms with Gasteiger partial charge in [0.25, 0.3) is 0 Å². The average molecular weight is 221 g/mol. The Bertz CT molecular complexity index is 386. The summed E-state index contributed by atoms with van der Waals surface area (Å²) in [6, 6.07) is 7.60. The number of nitrogens with zero attached hydrogens (tertiary/aromatic N) is 1. The predicted octanol–water partition coefficient (Wildman–Crippen LogP) is 1.77. The topological polar surface area (TPSA) is 49.8 Å². The summed E-state index contributed by atoms with van der Waals surface area (Å²) in [6.07, 6.45) is 2.53. The predicted molar refractivity (Wildman–Crippen MR) is 63.0 cm³/mol. The molecule has 4 nitrogen and oxygen atoms in total. The minimum atomic E-state index is -0.967. The van der Waals surface area contributed by atoms with Gasteiger partial charge in [0.1, 0.15) is 12.4 Å². The van der Waals surface area contributed by atoms with E-state index in [1.54, 1.807) is 0 Å². The fraction of sp³-hybridized carbons (Fsp3) is 0.250. The van der Waals surface area contributed by atoms with Crippen LogP contribution in [-0.2, 0) is 4.79 Å². The first-order valence-electron chi connectivity index (χ1n) is 4.89. The highest BCUT2D eigenvalue weighted by Gasteiger charge is 1.97. The number of hydrogen-bond donors (Lipinski definition) is 1. The van der Waals surface area contributed by atoms with Crippen molar-refractivity contribution < 1.29 is 14.6 Å². The molecule has 0 fully saturated rings. The maximum Gasteiger partial charge on any atom is 0.328 e. The minimum Gasteiger partial charge on any atom is -0.489 e. The molecule has 0 atom stereocenters. The summed E-state index contributed by atoms with van der Waals surface area (Å²) in [5.41, 5.74) is 1.04. The largest absolute Gasteiger partial charge is 0.489 e. The van der Waals surface area contributed by atoms with E-state index >= 15 is 0 Å². The molecule has 1 aromatic carbocycles. The zero-order valence-corrected chi connectivity index (χ0v) is 9.38. The highest BCUT2D eigenvalue weighted by atomic mass is 16.5. The number of aliphatic carboxylic acids is 1. The number of carbonyl (C=O) groups is 1. The van der Waals surface area contributed by atoms with Crippen LogP contribution in [0.5, 0.6) is 5.75 Å². The maximum atomic E-state index is 10.2. The molecule has 0 heterocycles. The number of rotatable bonds is 5. The second-order valence-corrected chi connectivity index (χ2v) is 3.44. The van der Waals surface area contributed by atoms with Gasteiger partial charge in [-0.3, -0.25) is 0 Å². The monoisotopic (exact) mass is 221 g/mol. The number of carboxylic acid groups (broad SMARTS) is 1.